The number of hydrogen-bond acceptors (Lipinski definition) is 2. The maximum absolute atomic E-state index is 13.6. The van der Waals surface area contributed by atoms with Gasteiger partial charge in [0, 0.05) is 37.1 Å². The number of unbranched alkanes of at least 4 members (excludes halogenated alkanes) is 3. The van der Waals surface area contributed by atoms with Gasteiger partial charge in [-0.15, -0.1) is 0 Å². The summed E-state index contributed by atoms with van der Waals surface area (Å²) in [4.78, 5) is 30.7. The van der Waals surface area contributed by atoms with Gasteiger partial charge in [0.05, 0.1) is 6.54 Å². The van der Waals surface area contributed by atoms with Crippen molar-refractivity contribution in [3.8, 4) is 0 Å². The first-order chi connectivity index (χ1) is 17.5. The molecule has 0 aliphatic heterocycles. The predicted octanol–water partition coefficient (Wildman–Crippen LogP) is 5.98. The molecule has 1 fully saturated rings. The standard InChI is InChI=1S/C31H39N3O2/c1-3-4-5-7-11-25-15-17-27(18-16-25)31(36)34(28-19-20-28)24-30(35)33(22-26-12-8-6-9-13-26)23-29-14-10-21-32(29)2/h6,8-10,12-18,21,28H,3-5,7,11,19-20,22-24H2,1-2H3. The average Bonchev–Trinajstić information content (AvgIpc) is 3.67. The van der Waals surface area contributed by atoms with Gasteiger partial charge in [0.15, 0.2) is 0 Å². The van der Waals surface area contributed by atoms with Crippen molar-refractivity contribution in [3.05, 3.63) is 95.3 Å². The van der Waals surface area contributed by atoms with E-state index in [-0.39, 0.29) is 24.4 Å². The van der Waals surface area contributed by atoms with E-state index in [1.54, 1.807) is 4.90 Å². The summed E-state index contributed by atoms with van der Waals surface area (Å²) < 4.78 is 2.04. The Bertz CT molecular complexity index is 1120. The van der Waals surface area contributed by atoms with E-state index in [4.69, 9.17) is 0 Å². The van der Waals surface area contributed by atoms with Crippen LogP contribution in [0.2, 0.25) is 0 Å². The molecule has 1 aliphatic carbocycles. The molecular weight excluding hydrogens is 446 g/mol. The molecule has 0 saturated heterocycles. The zero-order valence-corrected chi connectivity index (χ0v) is 21.7. The Kier molecular flexibility index (Phi) is 8.99. The SMILES string of the molecule is CCCCCCc1ccc(C(=O)N(CC(=O)N(Cc2ccccc2)Cc2cccn2C)C2CC2)cc1. The molecule has 4 rings (SSSR count). The van der Waals surface area contributed by atoms with Crippen LogP contribution in [0.15, 0.2) is 72.9 Å². The van der Waals surface area contributed by atoms with Crippen LogP contribution >= 0.6 is 0 Å². The van der Waals surface area contributed by atoms with Crippen LogP contribution in [0.5, 0.6) is 0 Å². The summed E-state index contributed by atoms with van der Waals surface area (Å²) in [6.45, 7) is 3.36. The van der Waals surface area contributed by atoms with E-state index in [0.29, 0.717) is 18.7 Å². The topological polar surface area (TPSA) is 45.6 Å². The van der Waals surface area contributed by atoms with Crippen LogP contribution in [0, 0.1) is 0 Å². The normalized spacial score (nSPS) is 12.9. The van der Waals surface area contributed by atoms with Crippen LogP contribution in [0.3, 0.4) is 0 Å². The molecule has 0 spiro atoms. The van der Waals surface area contributed by atoms with E-state index in [2.05, 4.69) is 19.1 Å². The van der Waals surface area contributed by atoms with Gasteiger partial charge in [0.1, 0.15) is 6.54 Å². The van der Waals surface area contributed by atoms with Crippen molar-refractivity contribution >= 4 is 11.8 Å². The summed E-state index contributed by atoms with van der Waals surface area (Å²) in [5.74, 6) is -0.0604. The van der Waals surface area contributed by atoms with Gasteiger partial charge in [-0.25, -0.2) is 0 Å². The van der Waals surface area contributed by atoms with E-state index < -0.39 is 0 Å². The fourth-order valence-corrected chi connectivity index (χ4v) is 4.63. The summed E-state index contributed by atoms with van der Waals surface area (Å²) in [6.07, 6.45) is 9.90. The highest BCUT2D eigenvalue weighted by Gasteiger charge is 2.35. The number of aromatic nitrogens is 1. The Balaban J connectivity index is 1.44. The first-order valence-corrected chi connectivity index (χ1v) is 13.4. The van der Waals surface area contributed by atoms with Crippen LogP contribution in [0.1, 0.15) is 72.6 Å². The average molecular weight is 486 g/mol. The summed E-state index contributed by atoms with van der Waals surface area (Å²) in [7, 11) is 1.99. The van der Waals surface area contributed by atoms with Crippen LogP contribution in [0.25, 0.3) is 0 Å². The number of carbonyl (C=O) groups is 2. The van der Waals surface area contributed by atoms with E-state index in [0.717, 1.165) is 30.5 Å². The van der Waals surface area contributed by atoms with Crippen molar-refractivity contribution in [1.29, 1.82) is 0 Å². The molecule has 0 radical (unpaired) electrons. The summed E-state index contributed by atoms with van der Waals surface area (Å²) in [5.41, 5.74) is 4.09. The first-order valence-electron chi connectivity index (χ1n) is 13.4. The summed E-state index contributed by atoms with van der Waals surface area (Å²) >= 11 is 0. The van der Waals surface area contributed by atoms with E-state index in [1.165, 1.54) is 31.2 Å². The minimum absolute atomic E-state index is 0.0205. The van der Waals surface area contributed by atoms with Crippen molar-refractivity contribution < 1.29 is 9.59 Å². The molecule has 1 heterocycles. The maximum atomic E-state index is 13.6. The third-order valence-electron chi connectivity index (χ3n) is 7.05. The highest BCUT2D eigenvalue weighted by atomic mass is 16.2. The molecule has 0 unspecified atom stereocenters. The summed E-state index contributed by atoms with van der Waals surface area (Å²) in [6, 6.07) is 22.3. The number of aryl methyl sites for hydroxylation is 2. The smallest absolute Gasteiger partial charge is 0.254 e. The summed E-state index contributed by atoms with van der Waals surface area (Å²) in [5, 5.41) is 0. The number of benzene rings is 2. The van der Waals surface area contributed by atoms with Crippen molar-refractivity contribution in [1.82, 2.24) is 14.4 Å². The monoisotopic (exact) mass is 485 g/mol. The van der Waals surface area contributed by atoms with Crippen LogP contribution in [-0.4, -0.2) is 38.8 Å². The van der Waals surface area contributed by atoms with Crippen molar-refractivity contribution in [2.75, 3.05) is 6.54 Å². The van der Waals surface area contributed by atoms with Crippen molar-refractivity contribution in [2.24, 2.45) is 7.05 Å². The minimum atomic E-state index is -0.0399. The number of nitrogens with zero attached hydrogens (tertiary/aromatic N) is 3. The van der Waals surface area contributed by atoms with Crippen LogP contribution < -0.4 is 0 Å². The van der Waals surface area contributed by atoms with Crippen LogP contribution in [0.4, 0.5) is 0 Å². The second-order valence-corrected chi connectivity index (χ2v) is 10.0. The van der Waals surface area contributed by atoms with Gasteiger partial charge in [-0.05, 0) is 61.1 Å². The lowest BCUT2D eigenvalue weighted by Crippen LogP contribution is -2.43. The molecule has 1 aliphatic rings. The molecule has 190 valence electrons. The molecule has 0 N–H and O–H groups in total. The second kappa shape index (κ2) is 12.6. The Morgan fingerprint density at radius 3 is 2.25 bits per heavy atom. The highest BCUT2D eigenvalue weighted by Crippen LogP contribution is 2.29. The minimum Gasteiger partial charge on any atom is -0.353 e. The van der Waals surface area contributed by atoms with Crippen molar-refractivity contribution in [2.45, 2.75) is 71.0 Å². The number of rotatable bonds is 13. The van der Waals surface area contributed by atoms with Gasteiger partial charge in [0.2, 0.25) is 5.91 Å². The molecule has 2 amide bonds. The maximum Gasteiger partial charge on any atom is 0.254 e. The molecule has 5 nitrogen and oxygen atoms in total. The quantitative estimate of drug-likeness (QED) is 0.280. The molecule has 36 heavy (non-hydrogen) atoms. The zero-order chi connectivity index (χ0) is 25.3. The van der Waals surface area contributed by atoms with Crippen LogP contribution in [-0.2, 0) is 31.4 Å². The molecule has 0 atom stereocenters. The van der Waals surface area contributed by atoms with E-state index in [9.17, 15) is 9.59 Å². The molecule has 3 aromatic rings. The molecule has 2 aromatic carbocycles. The molecule has 1 saturated carbocycles. The molecule has 1 aromatic heterocycles. The molecule has 0 bridgehead atoms. The number of carbonyl (C=O) groups excluding carboxylic acids is 2. The molecule has 5 heteroatoms. The lowest BCUT2D eigenvalue weighted by Gasteiger charge is -2.28. The van der Waals surface area contributed by atoms with Gasteiger partial charge < -0.3 is 14.4 Å². The van der Waals surface area contributed by atoms with E-state index in [1.807, 2.05) is 77.3 Å². The lowest BCUT2D eigenvalue weighted by molar-refractivity contribution is -0.133. The third-order valence-corrected chi connectivity index (χ3v) is 7.05. The van der Waals surface area contributed by atoms with Crippen molar-refractivity contribution in [3.63, 3.8) is 0 Å². The largest absolute Gasteiger partial charge is 0.353 e. The predicted molar refractivity (Wildman–Crippen MR) is 144 cm³/mol. The fraction of sp³-hybridized carbons (Fsp3) is 0.419. The van der Waals surface area contributed by atoms with E-state index >= 15 is 0 Å². The second-order valence-electron chi connectivity index (χ2n) is 10.0. The lowest BCUT2D eigenvalue weighted by atomic mass is 10.0. The number of amides is 2. The Morgan fingerprint density at radius 1 is 0.861 bits per heavy atom. The van der Waals surface area contributed by atoms with Gasteiger partial charge in [0.25, 0.3) is 5.91 Å². The fourth-order valence-electron chi connectivity index (χ4n) is 4.63. The molecular formula is C31H39N3O2. The Hall–Kier alpha value is -3.34. The van der Waals surface area contributed by atoms with Gasteiger partial charge >= 0.3 is 0 Å². The Morgan fingerprint density at radius 2 is 1.61 bits per heavy atom. The first kappa shape index (κ1) is 25.7. The highest BCUT2D eigenvalue weighted by molar-refractivity contribution is 5.97. The Labute approximate surface area is 215 Å². The van der Waals surface area contributed by atoms with Gasteiger partial charge in [-0.2, -0.15) is 0 Å². The third kappa shape index (κ3) is 7.09. The van der Waals surface area contributed by atoms with Gasteiger partial charge in [-0.3, -0.25) is 9.59 Å². The van der Waals surface area contributed by atoms with Gasteiger partial charge in [-0.1, -0.05) is 68.7 Å². The zero-order valence-electron chi connectivity index (χ0n) is 21.7. The number of hydrogen-bond donors (Lipinski definition) is 0.